The van der Waals surface area contributed by atoms with Gasteiger partial charge in [0.25, 0.3) is 5.82 Å². The summed E-state index contributed by atoms with van der Waals surface area (Å²) >= 11 is 0. The van der Waals surface area contributed by atoms with Crippen molar-refractivity contribution in [1.82, 2.24) is 9.55 Å². The minimum atomic E-state index is 0.692. The smallest absolute Gasteiger partial charge is 0.292 e. The van der Waals surface area contributed by atoms with E-state index in [2.05, 4.69) is 77.9 Å². The molecule has 4 nitrogen and oxygen atoms in total. The average Bonchev–Trinajstić information content (AvgIpc) is 3.16. The van der Waals surface area contributed by atoms with Gasteiger partial charge in [0.2, 0.25) is 5.71 Å². The van der Waals surface area contributed by atoms with E-state index in [1.807, 2.05) is 12.3 Å². The summed E-state index contributed by atoms with van der Waals surface area (Å²) in [6.45, 7) is 2.13. The van der Waals surface area contributed by atoms with Gasteiger partial charge < -0.3 is 4.42 Å². The summed E-state index contributed by atoms with van der Waals surface area (Å²) < 4.78 is 10.5. The van der Waals surface area contributed by atoms with Crippen molar-refractivity contribution < 1.29 is 8.98 Å². The zero-order valence-corrected chi connectivity index (χ0v) is 14.4. The van der Waals surface area contributed by atoms with Crippen LogP contribution >= 0.6 is 0 Å². The quantitative estimate of drug-likeness (QED) is 0.431. The first-order chi connectivity index (χ1) is 12.1. The van der Waals surface area contributed by atoms with Gasteiger partial charge in [0.05, 0.1) is 19.5 Å². The molecule has 2 aromatic carbocycles. The Balaban J connectivity index is 2.01. The van der Waals surface area contributed by atoms with Gasteiger partial charge >= 0.3 is 0 Å². The lowest BCUT2D eigenvalue weighted by Gasteiger charge is -2.04. The zero-order chi connectivity index (χ0) is 17.1. The molecule has 5 aromatic rings. The molecule has 0 spiro atoms. The van der Waals surface area contributed by atoms with E-state index >= 15 is 0 Å². The molecule has 0 aliphatic carbocycles. The van der Waals surface area contributed by atoms with E-state index in [1.165, 1.54) is 10.9 Å². The predicted octanol–water partition coefficient (Wildman–Crippen LogP) is 4.27. The Morgan fingerprint density at radius 1 is 1.08 bits per heavy atom. The van der Waals surface area contributed by atoms with Crippen molar-refractivity contribution >= 4 is 32.8 Å². The monoisotopic (exact) mass is 328 g/mol. The summed E-state index contributed by atoms with van der Waals surface area (Å²) in [7, 11) is 4.12. The van der Waals surface area contributed by atoms with Crippen molar-refractivity contribution in [1.29, 1.82) is 0 Å². The fourth-order valence-corrected chi connectivity index (χ4v) is 3.78. The van der Waals surface area contributed by atoms with Crippen molar-refractivity contribution in [3.63, 3.8) is 0 Å². The molecule has 4 heteroatoms. The standard InChI is InChI=1S/C21H18N3O/c1-13-8-9-16-18-15-7-5-4-6-14(15)12-22-20(18)25-19(16)17(13)21-23(2)10-11-24(21)3/h4-12H,1-3H3/q+1. The highest BCUT2D eigenvalue weighted by molar-refractivity contribution is 6.19. The van der Waals surface area contributed by atoms with Gasteiger partial charge in [-0.3, -0.25) is 0 Å². The topological polar surface area (TPSA) is 34.8 Å². The molecule has 0 amide bonds. The summed E-state index contributed by atoms with van der Waals surface area (Å²) in [6, 6.07) is 12.6. The molecule has 0 radical (unpaired) electrons. The number of furan rings is 1. The van der Waals surface area contributed by atoms with Crippen LogP contribution in [0.1, 0.15) is 5.56 Å². The second kappa shape index (κ2) is 4.93. The number of hydrogen-bond donors (Lipinski definition) is 0. The van der Waals surface area contributed by atoms with Crippen LogP contribution in [-0.4, -0.2) is 9.55 Å². The van der Waals surface area contributed by atoms with Crippen LogP contribution in [0.4, 0.5) is 0 Å². The third kappa shape index (κ3) is 1.88. The van der Waals surface area contributed by atoms with Crippen LogP contribution in [0.25, 0.3) is 44.2 Å². The molecule has 0 fully saturated rings. The van der Waals surface area contributed by atoms with E-state index in [0.29, 0.717) is 5.71 Å². The van der Waals surface area contributed by atoms with Crippen LogP contribution in [0, 0.1) is 6.92 Å². The SMILES string of the molecule is Cc1ccc2c(oc3ncc4ccccc4c32)c1-c1n(C)cc[n+]1C. The molecule has 5 rings (SSSR count). The fraction of sp³-hybridized carbons (Fsp3) is 0.143. The Hall–Kier alpha value is -3.14. The molecule has 0 saturated carbocycles. The first-order valence-electron chi connectivity index (χ1n) is 8.36. The highest BCUT2D eigenvalue weighted by Gasteiger charge is 2.24. The maximum atomic E-state index is 6.27. The van der Waals surface area contributed by atoms with Gasteiger partial charge in [-0.25, -0.2) is 14.1 Å². The lowest BCUT2D eigenvalue weighted by Crippen LogP contribution is -2.29. The number of rotatable bonds is 1. The van der Waals surface area contributed by atoms with Crippen molar-refractivity contribution in [3.05, 3.63) is 60.6 Å². The highest BCUT2D eigenvalue weighted by atomic mass is 16.3. The molecule has 122 valence electrons. The maximum Gasteiger partial charge on any atom is 0.292 e. The van der Waals surface area contributed by atoms with Crippen molar-refractivity contribution in [3.8, 4) is 11.4 Å². The molecule has 0 unspecified atom stereocenters. The summed E-state index contributed by atoms with van der Waals surface area (Å²) in [5, 5.41) is 4.51. The number of fused-ring (bicyclic) bond motifs is 5. The number of aryl methyl sites for hydroxylation is 3. The molecule has 0 atom stereocenters. The largest absolute Gasteiger partial charge is 0.437 e. The second-order valence-corrected chi connectivity index (χ2v) is 6.61. The van der Waals surface area contributed by atoms with Gasteiger partial charge in [0, 0.05) is 17.0 Å². The molecule has 0 aliphatic heterocycles. The fourth-order valence-electron chi connectivity index (χ4n) is 3.78. The van der Waals surface area contributed by atoms with E-state index < -0.39 is 0 Å². The van der Waals surface area contributed by atoms with Crippen LogP contribution in [-0.2, 0) is 14.1 Å². The van der Waals surface area contributed by atoms with E-state index in [-0.39, 0.29) is 0 Å². The maximum absolute atomic E-state index is 6.27. The molecule has 3 aromatic heterocycles. The minimum absolute atomic E-state index is 0.692. The Morgan fingerprint density at radius 3 is 2.72 bits per heavy atom. The number of imidazole rings is 1. The lowest BCUT2D eigenvalue weighted by atomic mass is 10.0. The van der Waals surface area contributed by atoms with Gasteiger partial charge in [0.1, 0.15) is 18.0 Å². The second-order valence-electron chi connectivity index (χ2n) is 6.61. The first kappa shape index (κ1) is 14.2. The van der Waals surface area contributed by atoms with Gasteiger partial charge in [-0.1, -0.05) is 36.4 Å². The third-order valence-corrected chi connectivity index (χ3v) is 5.00. The molecule has 0 N–H and O–H groups in total. The van der Waals surface area contributed by atoms with E-state index in [4.69, 9.17) is 4.42 Å². The summed E-state index contributed by atoms with van der Waals surface area (Å²) in [4.78, 5) is 4.56. The Kier molecular flexibility index (Phi) is 2.80. The number of nitrogens with zero attached hydrogens (tertiary/aromatic N) is 3. The average molecular weight is 328 g/mol. The van der Waals surface area contributed by atoms with Gasteiger partial charge in [0.15, 0.2) is 5.58 Å². The minimum Gasteiger partial charge on any atom is -0.437 e. The number of hydrogen-bond acceptors (Lipinski definition) is 2. The summed E-state index contributed by atoms with van der Waals surface area (Å²) in [5.41, 5.74) is 3.90. The van der Waals surface area contributed by atoms with Crippen LogP contribution in [0.2, 0.25) is 0 Å². The van der Waals surface area contributed by atoms with Crippen molar-refractivity contribution in [2.24, 2.45) is 14.1 Å². The molecule has 0 bridgehead atoms. The third-order valence-electron chi connectivity index (χ3n) is 5.00. The van der Waals surface area contributed by atoms with E-state index in [9.17, 15) is 0 Å². The van der Waals surface area contributed by atoms with E-state index in [0.717, 1.165) is 33.1 Å². The molecule has 3 heterocycles. The van der Waals surface area contributed by atoms with Crippen LogP contribution in [0.15, 0.2) is 59.4 Å². The molecular weight excluding hydrogens is 310 g/mol. The van der Waals surface area contributed by atoms with Gasteiger partial charge in [-0.15, -0.1) is 0 Å². The number of aromatic nitrogens is 3. The predicted molar refractivity (Wildman–Crippen MR) is 99.3 cm³/mol. The molecule has 0 aliphatic rings. The first-order valence-corrected chi connectivity index (χ1v) is 8.36. The van der Waals surface area contributed by atoms with E-state index in [1.54, 1.807) is 0 Å². The Morgan fingerprint density at radius 2 is 1.92 bits per heavy atom. The van der Waals surface area contributed by atoms with Gasteiger partial charge in [-0.2, -0.15) is 0 Å². The number of benzene rings is 2. The lowest BCUT2D eigenvalue weighted by molar-refractivity contribution is -0.659. The normalized spacial score (nSPS) is 11.8. The van der Waals surface area contributed by atoms with Crippen LogP contribution < -0.4 is 4.57 Å². The van der Waals surface area contributed by atoms with Crippen molar-refractivity contribution in [2.75, 3.05) is 0 Å². The number of pyridine rings is 1. The van der Waals surface area contributed by atoms with Crippen LogP contribution in [0.5, 0.6) is 0 Å². The zero-order valence-electron chi connectivity index (χ0n) is 14.4. The Labute approximate surface area is 144 Å². The van der Waals surface area contributed by atoms with Crippen LogP contribution in [0.3, 0.4) is 0 Å². The summed E-state index contributed by atoms with van der Waals surface area (Å²) in [6.07, 6.45) is 6.00. The van der Waals surface area contributed by atoms with Crippen molar-refractivity contribution in [2.45, 2.75) is 6.92 Å². The Bertz CT molecular complexity index is 1260. The molecule has 25 heavy (non-hydrogen) atoms. The summed E-state index contributed by atoms with van der Waals surface area (Å²) in [5.74, 6) is 1.12. The van der Waals surface area contributed by atoms with Gasteiger partial charge in [-0.05, 0) is 17.9 Å². The molecular formula is C21H18N3O+. The molecule has 0 saturated heterocycles. The highest BCUT2D eigenvalue weighted by Crippen LogP contribution is 2.38.